The zero-order chi connectivity index (χ0) is 22.8. The highest BCUT2D eigenvalue weighted by atomic mass is 32.2. The summed E-state index contributed by atoms with van der Waals surface area (Å²) in [6.07, 6.45) is 3.41. The van der Waals surface area contributed by atoms with E-state index in [4.69, 9.17) is 4.98 Å². The van der Waals surface area contributed by atoms with Crippen molar-refractivity contribution in [2.75, 3.05) is 5.75 Å². The Bertz CT molecular complexity index is 1180. The van der Waals surface area contributed by atoms with Crippen molar-refractivity contribution >= 4 is 28.6 Å². The standard InChI is InChI=1S/C26H31N3O2S/c1-16-12-17(2)14-20(13-16)29-25(31)21-9-5-6-10-23(21)28-26(29)32-15-24(30)27-22-11-7-8-18(3)19(22)4/h5-6,9-10,12-14,18-19,22H,7-8,11,15H2,1-4H3,(H,27,30). The van der Waals surface area contributed by atoms with Gasteiger partial charge in [-0.3, -0.25) is 14.2 Å². The first-order valence-corrected chi connectivity index (χ1v) is 12.3. The monoisotopic (exact) mass is 449 g/mol. The van der Waals surface area contributed by atoms with Gasteiger partial charge >= 0.3 is 0 Å². The molecule has 0 radical (unpaired) electrons. The highest BCUT2D eigenvalue weighted by Crippen LogP contribution is 2.30. The molecule has 4 rings (SSSR count). The summed E-state index contributed by atoms with van der Waals surface area (Å²) in [7, 11) is 0. The summed E-state index contributed by atoms with van der Waals surface area (Å²) in [5, 5.41) is 4.34. The minimum atomic E-state index is -0.113. The van der Waals surface area contributed by atoms with Crippen LogP contribution in [0.5, 0.6) is 0 Å². The molecule has 168 valence electrons. The van der Waals surface area contributed by atoms with E-state index in [0.29, 0.717) is 27.9 Å². The molecule has 6 heteroatoms. The molecule has 0 bridgehead atoms. The minimum absolute atomic E-state index is 0.00432. The van der Waals surface area contributed by atoms with Crippen molar-refractivity contribution in [1.82, 2.24) is 14.9 Å². The first-order chi connectivity index (χ1) is 15.3. The zero-order valence-corrected chi connectivity index (χ0v) is 20.0. The van der Waals surface area contributed by atoms with Crippen molar-refractivity contribution in [3.8, 4) is 5.69 Å². The van der Waals surface area contributed by atoms with E-state index in [9.17, 15) is 9.59 Å². The predicted molar refractivity (Wildman–Crippen MR) is 132 cm³/mol. The van der Waals surface area contributed by atoms with Crippen molar-refractivity contribution < 1.29 is 4.79 Å². The van der Waals surface area contributed by atoms with Gasteiger partial charge in [-0.25, -0.2) is 4.98 Å². The maximum Gasteiger partial charge on any atom is 0.266 e. The molecule has 3 atom stereocenters. The molecule has 0 spiro atoms. The van der Waals surface area contributed by atoms with Crippen molar-refractivity contribution in [1.29, 1.82) is 0 Å². The van der Waals surface area contributed by atoms with Crippen molar-refractivity contribution in [2.24, 2.45) is 11.8 Å². The van der Waals surface area contributed by atoms with Gasteiger partial charge in [-0.05, 0) is 67.5 Å². The number of hydrogen-bond donors (Lipinski definition) is 1. The molecule has 1 saturated carbocycles. The van der Waals surface area contributed by atoms with E-state index in [-0.39, 0.29) is 23.3 Å². The van der Waals surface area contributed by atoms with E-state index in [1.54, 1.807) is 10.6 Å². The summed E-state index contributed by atoms with van der Waals surface area (Å²) >= 11 is 1.32. The van der Waals surface area contributed by atoms with E-state index in [2.05, 4.69) is 25.2 Å². The number of aryl methyl sites for hydroxylation is 2. The van der Waals surface area contributed by atoms with Gasteiger partial charge in [-0.2, -0.15) is 0 Å². The van der Waals surface area contributed by atoms with E-state index in [1.807, 2.05) is 44.2 Å². The first-order valence-electron chi connectivity index (χ1n) is 11.4. The molecule has 32 heavy (non-hydrogen) atoms. The first kappa shape index (κ1) is 22.6. The SMILES string of the molecule is Cc1cc(C)cc(-n2c(SCC(=O)NC3CCCC(C)C3C)nc3ccccc3c2=O)c1. The number of hydrogen-bond acceptors (Lipinski definition) is 4. The highest BCUT2D eigenvalue weighted by molar-refractivity contribution is 7.99. The van der Waals surface area contributed by atoms with Crippen molar-refractivity contribution in [2.45, 2.75) is 58.2 Å². The molecule has 3 unspecified atom stereocenters. The number of rotatable bonds is 5. The number of amides is 1. The molecule has 0 saturated heterocycles. The molecule has 5 nitrogen and oxygen atoms in total. The fourth-order valence-electron chi connectivity index (χ4n) is 4.68. The van der Waals surface area contributed by atoms with Crippen molar-refractivity contribution in [3.05, 3.63) is 63.9 Å². The average Bonchev–Trinajstić information content (AvgIpc) is 2.75. The van der Waals surface area contributed by atoms with Gasteiger partial charge in [0.1, 0.15) is 0 Å². The Kier molecular flexibility index (Phi) is 6.70. The number of aromatic nitrogens is 2. The summed E-state index contributed by atoms with van der Waals surface area (Å²) in [4.78, 5) is 31.0. The maximum absolute atomic E-state index is 13.4. The Morgan fingerprint density at radius 2 is 1.84 bits per heavy atom. The zero-order valence-electron chi connectivity index (χ0n) is 19.2. The molecule has 2 aromatic carbocycles. The van der Waals surface area contributed by atoms with Crippen LogP contribution in [0.3, 0.4) is 0 Å². The lowest BCUT2D eigenvalue weighted by Gasteiger charge is -2.34. The van der Waals surface area contributed by atoms with Crippen LogP contribution in [-0.2, 0) is 4.79 Å². The fraction of sp³-hybridized carbons (Fsp3) is 0.423. The Hall–Kier alpha value is -2.60. The van der Waals surface area contributed by atoms with E-state index < -0.39 is 0 Å². The predicted octanol–water partition coefficient (Wildman–Crippen LogP) is 5.04. The van der Waals surface area contributed by atoms with Crippen LogP contribution in [0.1, 0.15) is 44.2 Å². The van der Waals surface area contributed by atoms with Crippen LogP contribution in [-0.4, -0.2) is 27.3 Å². The van der Waals surface area contributed by atoms with Gasteiger partial charge in [0.25, 0.3) is 5.56 Å². The third kappa shape index (κ3) is 4.75. The summed E-state index contributed by atoms with van der Waals surface area (Å²) in [6.45, 7) is 8.52. The number of nitrogens with one attached hydrogen (secondary N) is 1. The molecule has 0 aliphatic heterocycles. The quantitative estimate of drug-likeness (QED) is 0.438. The molecular weight excluding hydrogens is 418 g/mol. The van der Waals surface area contributed by atoms with Gasteiger partial charge in [0.15, 0.2) is 5.16 Å². The topological polar surface area (TPSA) is 64.0 Å². The second-order valence-corrected chi connectivity index (χ2v) is 10.1. The van der Waals surface area contributed by atoms with E-state index in [0.717, 1.165) is 29.7 Å². The summed E-state index contributed by atoms with van der Waals surface area (Å²) in [5.41, 5.74) is 3.47. The number of para-hydroxylation sites is 1. The van der Waals surface area contributed by atoms with Gasteiger partial charge in [0, 0.05) is 6.04 Å². The highest BCUT2D eigenvalue weighted by Gasteiger charge is 2.28. The Morgan fingerprint density at radius 1 is 1.12 bits per heavy atom. The molecule has 3 aromatic rings. The number of fused-ring (bicyclic) bond motifs is 1. The molecule has 1 fully saturated rings. The number of benzene rings is 2. The lowest BCUT2D eigenvalue weighted by molar-refractivity contribution is -0.120. The van der Waals surface area contributed by atoms with E-state index >= 15 is 0 Å². The lowest BCUT2D eigenvalue weighted by atomic mass is 9.78. The summed E-state index contributed by atoms with van der Waals surface area (Å²) in [5.74, 6) is 1.33. The van der Waals surface area contributed by atoms with Crippen LogP contribution in [0.25, 0.3) is 16.6 Å². The van der Waals surface area contributed by atoms with Crippen LogP contribution in [0, 0.1) is 25.7 Å². The van der Waals surface area contributed by atoms with Crippen LogP contribution in [0.4, 0.5) is 0 Å². The lowest BCUT2D eigenvalue weighted by Crippen LogP contribution is -2.44. The Labute approximate surface area is 193 Å². The average molecular weight is 450 g/mol. The van der Waals surface area contributed by atoms with Gasteiger partial charge in [-0.1, -0.05) is 56.7 Å². The summed E-state index contributed by atoms with van der Waals surface area (Å²) in [6, 6.07) is 13.6. The van der Waals surface area contributed by atoms with E-state index in [1.165, 1.54) is 18.2 Å². The van der Waals surface area contributed by atoms with Gasteiger partial charge < -0.3 is 5.32 Å². The van der Waals surface area contributed by atoms with Crippen molar-refractivity contribution in [3.63, 3.8) is 0 Å². The second-order valence-electron chi connectivity index (χ2n) is 9.13. The van der Waals surface area contributed by atoms with Gasteiger partial charge in [0.05, 0.1) is 22.3 Å². The number of carbonyl (C=O) groups is 1. The van der Waals surface area contributed by atoms with Crippen LogP contribution in [0.15, 0.2) is 52.4 Å². The minimum Gasteiger partial charge on any atom is -0.352 e. The van der Waals surface area contributed by atoms with Crippen LogP contribution in [0.2, 0.25) is 0 Å². The normalized spacial score (nSPS) is 20.9. The third-order valence-corrected chi connectivity index (χ3v) is 7.53. The van der Waals surface area contributed by atoms with Crippen LogP contribution < -0.4 is 10.9 Å². The molecule has 1 aliphatic rings. The fourth-order valence-corrected chi connectivity index (χ4v) is 5.50. The Morgan fingerprint density at radius 3 is 2.59 bits per heavy atom. The molecule has 1 N–H and O–H groups in total. The second kappa shape index (κ2) is 9.49. The molecular formula is C26H31N3O2S. The molecule has 1 aromatic heterocycles. The third-order valence-electron chi connectivity index (χ3n) is 6.60. The number of nitrogens with zero attached hydrogens (tertiary/aromatic N) is 2. The Balaban J connectivity index is 1.64. The molecule has 1 heterocycles. The number of thioether (sulfide) groups is 1. The summed E-state index contributed by atoms with van der Waals surface area (Å²) < 4.78 is 1.64. The van der Waals surface area contributed by atoms with Gasteiger partial charge in [0.2, 0.25) is 5.91 Å². The maximum atomic E-state index is 13.4. The smallest absolute Gasteiger partial charge is 0.266 e. The van der Waals surface area contributed by atoms with Crippen LogP contribution >= 0.6 is 11.8 Å². The largest absolute Gasteiger partial charge is 0.352 e. The number of carbonyl (C=O) groups excluding carboxylic acids is 1. The van der Waals surface area contributed by atoms with Gasteiger partial charge in [-0.15, -0.1) is 0 Å². The molecule has 1 amide bonds. The molecule has 1 aliphatic carbocycles.